The Balaban J connectivity index is 1.47. The molecule has 1 unspecified atom stereocenters. The number of hydrogen-bond acceptors (Lipinski definition) is 5. The number of carbonyl (C=O) groups excluding carboxylic acids is 1. The van der Waals surface area contributed by atoms with Crippen molar-refractivity contribution in [1.29, 1.82) is 0 Å². The van der Waals surface area contributed by atoms with Gasteiger partial charge < -0.3 is 10.2 Å². The molecule has 0 aliphatic carbocycles. The van der Waals surface area contributed by atoms with Gasteiger partial charge in [-0.05, 0) is 36.4 Å². The monoisotopic (exact) mass is 509 g/mol. The summed E-state index contributed by atoms with van der Waals surface area (Å²) in [7, 11) is 0. The number of para-hydroxylation sites is 2. The van der Waals surface area contributed by atoms with Crippen molar-refractivity contribution < 1.29 is 9.21 Å². The van der Waals surface area contributed by atoms with E-state index in [0.29, 0.717) is 22.0 Å². The zero-order valence-electron chi connectivity index (χ0n) is 19.4. The van der Waals surface area contributed by atoms with Crippen LogP contribution in [0.4, 0.5) is 4.79 Å². The molecule has 0 spiro atoms. The summed E-state index contributed by atoms with van der Waals surface area (Å²) < 4.78 is 7.26. The first-order chi connectivity index (χ1) is 18.0. The van der Waals surface area contributed by atoms with E-state index in [0.717, 1.165) is 22.2 Å². The summed E-state index contributed by atoms with van der Waals surface area (Å²) in [4.78, 5) is 25.4. The third kappa shape index (κ3) is 4.17. The average molecular weight is 510 g/mol. The van der Waals surface area contributed by atoms with Gasteiger partial charge in [0.1, 0.15) is 5.58 Å². The van der Waals surface area contributed by atoms with E-state index in [1.165, 1.54) is 5.01 Å². The number of hydrogen-bond donors (Lipinski definition) is 1. The Bertz CT molecular complexity index is 1720. The van der Waals surface area contributed by atoms with Crippen LogP contribution in [0.5, 0.6) is 0 Å². The lowest BCUT2D eigenvalue weighted by molar-refractivity contribution is 0.196. The Kier molecular flexibility index (Phi) is 5.58. The van der Waals surface area contributed by atoms with E-state index in [2.05, 4.69) is 5.10 Å². The molecule has 37 heavy (non-hydrogen) atoms. The third-order valence-electron chi connectivity index (χ3n) is 6.33. The predicted octanol–water partition coefficient (Wildman–Crippen LogP) is 5.53. The van der Waals surface area contributed by atoms with Gasteiger partial charge in [-0.1, -0.05) is 60.1 Å². The first-order valence-corrected chi connectivity index (χ1v) is 12.0. The van der Waals surface area contributed by atoms with Crippen LogP contribution in [-0.4, -0.2) is 26.5 Å². The highest BCUT2D eigenvalue weighted by atomic mass is 35.5. The number of urea groups is 1. The van der Waals surface area contributed by atoms with Gasteiger partial charge in [-0.15, -0.1) is 0 Å². The van der Waals surface area contributed by atoms with Crippen molar-refractivity contribution in [3.8, 4) is 16.9 Å². The fourth-order valence-electron chi connectivity index (χ4n) is 4.56. The molecule has 2 amide bonds. The van der Waals surface area contributed by atoms with Crippen LogP contribution in [0.25, 0.3) is 27.9 Å². The molecule has 2 N–H and O–H groups in total. The van der Waals surface area contributed by atoms with Gasteiger partial charge in [0.05, 0.1) is 28.7 Å². The number of halogens is 1. The maximum atomic E-state index is 12.8. The zero-order chi connectivity index (χ0) is 25.5. The molecule has 182 valence electrons. The third-order valence-corrected chi connectivity index (χ3v) is 6.58. The number of primary amides is 1. The molecular formula is C28H20ClN5O3. The minimum absolute atomic E-state index is 0.257. The number of hydrazone groups is 1. The minimum Gasteiger partial charge on any atom is -0.422 e. The molecule has 0 bridgehead atoms. The minimum atomic E-state index is -0.736. The SMILES string of the molecule is NC(=O)N1N=C(c2cc3ccccc3oc2=O)CC1c1cn(-c2ccccc2)nc1-c1ccc(Cl)cc1. The van der Waals surface area contributed by atoms with Gasteiger partial charge in [-0.2, -0.15) is 10.2 Å². The Morgan fingerprint density at radius 1 is 1.00 bits per heavy atom. The number of carbonyl (C=O) groups is 1. The summed E-state index contributed by atoms with van der Waals surface area (Å²) in [5, 5.41) is 11.9. The van der Waals surface area contributed by atoms with Gasteiger partial charge in [-0.3, -0.25) is 0 Å². The molecule has 3 heterocycles. The summed E-state index contributed by atoms with van der Waals surface area (Å²) in [6, 6.07) is 24.6. The first kappa shape index (κ1) is 22.8. The van der Waals surface area contributed by atoms with Gasteiger partial charge >= 0.3 is 11.7 Å². The van der Waals surface area contributed by atoms with Gasteiger partial charge in [0.15, 0.2) is 0 Å². The Morgan fingerprint density at radius 2 is 1.73 bits per heavy atom. The largest absolute Gasteiger partial charge is 0.422 e. The van der Waals surface area contributed by atoms with Gasteiger partial charge in [0, 0.05) is 34.2 Å². The zero-order valence-corrected chi connectivity index (χ0v) is 20.2. The summed E-state index contributed by atoms with van der Waals surface area (Å²) in [5.41, 5.74) is 9.46. The van der Waals surface area contributed by atoms with Crippen LogP contribution in [-0.2, 0) is 0 Å². The standard InChI is InChI=1S/C28H20ClN5O3/c29-19-12-10-17(11-13-19)26-22(16-33(32-26)20-7-2-1-3-8-20)24-15-23(31-34(24)28(30)36)21-14-18-6-4-5-9-25(18)37-27(21)35/h1-14,16,24H,15H2,(H2,30,36). The van der Waals surface area contributed by atoms with Crippen LogP contribution in [0.2, 0.25) is 5.02 Å². The van der Waals surface area contributed by atoms with Crippen molar-refractivity contribution in [1.82, 2.24) is 14.8 Å². The van der Waals surface area contributed by atoms with Crippen LogP contribution in [0.15, 0.2) is 105 Å². The maximum absolute atomic E-state index is 12.8. The predicted molar refractivity (Wildman–Crippen MR) is 142 cm³/mol. The van der Waals surface area contributed by atoms with Crippen molar-refractivity contribution in [3.63, 3.8) is 0 Å². The second-order valence-electron chi connectivity index (χ2n) is 8.65. The van der Waals surface area contributed by atoms with Crippen molar-refractivity contribution >= 4 is 34.3 Å². The second-order valence-corrected chi connectivity index (χ2v) is 9.09. The second kappa shape index (κ2) is 9.07. The highest BCUT2D eigenvalue weighted by molar-refractivity contribution is 6.30. The van der Waals surface area contributed by atoms with Crippen molar-refractivity contribution in [2.24, 2.45) is 10.8 Å². The summed E-state index contributed by atoms with van der Waals surface area (Å²) >= 11 is 6.12. The lowest BCUT2D eigenvalue weighted by Crippen LogP contribution is -2.32. The highest BCUT2D eigenvalue weighted by Gasteiger charge is 2.36. The fraction of sp³-hybridized carbons (Fsp3) is 0.0714. The molecule has 8 nitrogen and oxygen atoms in total. The summed E-state index contributed by atoms with van der Waals surface area (Å²) in [5.74, 6) is 0. The molecule has 0 radical (unpaired) electrons. The molecule has 0 fully saturated rings. The first-order valence-electron chi connectivity index (χ1n) is 11.6. The van der Waals surface area contributed by atoms with Crippen LogP contribution in [0, 0.1) is 0 Å². The molecule has 1 aliphatic heterocycles. The van der Waals surface area contributed by atoms with E-state index in [1.807, 2.05) is 60.8 Å². The van der Waals surface area contributed by atoms with Crippen LogP contribution < -0.4 is 11.4 Å². The van der Waals surface area contributed by atoms with E-state index in [9.17, 15) is 9.59 Å². The van der Waals surface area contributed by atoms with E-state index in [1.54, 1.807) is 35.0 Å². The maximum Gasteiger partial charge on any atom is 0.345 e. The quantitative estimate of drug-likeness (QED) is 0.321. The molecule has 0 saturated carbocycles. The number of rotatable bonds is 4. The van der Waals surface area contributed by atoms with E-state index in [4.69, 9.17) is 26.9 Å². The van der Waals surface area contributed by atoms with Crippen LogP contribution in [0.1, 0.15) is 23.6 Å². The number of fused-ring (bicyclic) bond motifs is 1. The van der Waals surface area contributed by atoms with Gasteiger partial charge in [0.2, 0.25) is 0 Å². The molecule has 2 aromatic heterocycles. The lowest BCUT2D eigenvalue weighted by atomic mass is 9.96. The Labute approximate surface area is 216 Å². The molecule has 3 aromatic carbocycles. The summed E-state index contributed by atoms with van der Waals surface area (Å²) in [6.07, 6.45) is 2.12. The number of aromatic nitrogens is 2. The normalized spacial score (nSPS) is 15.2. The van der Waals surface area contributed by atoms with Gasteiger partial charge in [-0.25, -0.2) is 19.3 Å². The molecule has 9 heteroatoms. The van der Waals surface area contributed by atoms with E-state index < -0.39 is 17.7 Å². The number of benzene rings is 3. The van der Waals surface area contributed by atoms with Gasteiger partial charge in [0.25, 0.3) is 0 Å². The number of nitrogens with two attached hydrogens (primary N) is 1. The average Bonchev–Trinajstić information content (AvgIpc) is 3.54. The Morgan fingerprint density at radius 3 is 2.49 bits per heavy atom. The molecule has 5 aromatic rings. The number of nitrogens with zero attached hydrogens (tertiary/aromatic N) is 4. The molecule has 6 rings (SSSR count). The lowest BCUT2D eigenvalue weighted by Gasteiger charge is -2.19. The molecule has 0 saturated heterocycles. The number of amides is 2. The van der Waals surface area contributed by atoms with Crippen LogP contribution >= 0.6 is 11.6 Å². The Hall–Kier alpha value is -4.69. The van der Waals surface area contributed by atoms with Crippen molar-refractivity contribution in [2.75, 3.05) is 0 Å². The van der Waals surface area contributed by atoms with Crippen LogP contribution in [0.3, 0.4) is 0 Å². The fourth-order valence-corrected chi connectivity index (χ4v) is 4.68. The molecule has 1 aliphatic rings. The topological polar surface area (TPSA) is 107 Å². The van der Waals surface area contributed by atoms with Crippen molar-refractivity contribution in [2.45, 2.75) is 12.5 Å². The molecular weight excluding hydrogens is 490 g/mol. The van der Waals surface area contributed by atoms with E-state index in [-0.39, 0.29) is 12.0 Å². The summed E-state index contributed by atoms with van der Waals surface area (Å²) in [6.45, 7) is 0. The van der Waals surface area contributed by atoms with Crippen molar-refractivity contribution in [3.05, 3.63) is 118 Å². The smallest absolute Gasteiger partial charge is 0.345 e. The molecule has 1 atom stereocenters. The highest BCUT2D eigenvalue weighted by Crippen LogP contribution is 2.38. The van der Waals surface area contributed by atoms with E-state index >= 15 is 0 Å².